The average molecular weight is 342 g/mol. The quantitative estimate of drug-likeness (QED) is 0.909. The molecule has 1 aliphatic heterocycles. The van der Waals surface area contributed by atoms with E-state index >= 15 is 0 Å². The molecule has 1 saturated heterocycles. The van der Waals surface area contributed by atoms with Crippen LogP contribution >= 0.6 is 0 Å². The number of ether oxygens (including phenoxy) is 1. The van der Waals surface area contributed by atoms with Crippen LogP contribution < -0.4 is 15.0 Å². The predicted octanol–water partition coefficient (Wildman–Crippen LogP) is 2.65. The SMILES string of the molecule is COc1ccc(N2C(=O)CCC2C(=O)NCc2ccc(F)cc2)cc1. The highest BCUT2D eigenvalue weighted by atomic mass is 19.1. The molecule has 2 aromatic rings. The highest BCUT2D eigenvalue weighted by Crippen LogP contribution is 2.28. The van der Waals surface area contributed by atoms with Crippen LogP contribution in [0, 0.1) is 5.82 Å². The molecule has 2 amide bonds. The first-order chi connectivity index (χ1) is 12.1. The fourth-order valence-electron chi connectivity index (χ4n) is 2.91. The minimum Gasteiger partial charge on any atom is -0.497 e. The van der Waals surface area contributed by atoms with Crippen LogP contribution in [0.1, 0.15) is 18.4 Å². The van der Waals surface area contributed by atoms with Gasteiger partial charge in [0.05, 0.1) is 7.11 Å². The van der Waals surface area contributed by atoms with Crippen molar-refractivity contribution >= 4 is 17.5 Å². The lowest BCUT2D eigenvalue weighted by Crippen LogP contribution is -2.44. The number of carbonyl (C=O) groups is 2. The maximum absolute atomic E-state index is 12.9. The number of hydrogen-bond acceptors (Lipinski definition) is 3. The van der Waals surface area contributed by atoms with E-state index in [0.717, 1.165) is 5.56 Å². The lowest BCUT2D eigenvalue weighted by Gasteiger charge is -2.24. The predicted molar refractivity (Wildman–Crippen MR) is 91.7 cm³/mol. The zero-order valence-electron chi connectivity index (χ0n) is 13.9. The molecule has 5 nitrogen and oxygen atoms in total. The van der Waals surface area contributed by atoms with Crippen LogP contribution in [0.25, 0.3) is 0 Å². The summed E-state index contributed by atoms with van der Waals surface area (Å²) in [5, 5.41) is 2.82. The maximum atomic E-state index is 12.9. The minimum atomic E-state index is -0.540. The van der Waals surface area contributed by atoms with Gasteiger partial charge in [-0.15, -0.1) is 0 Å². The highest BCUT2D eigenvalue weighted by Gasteiger charge is 2.36. The fraction of sp³-hybridized carbons (Fsp3) is 0.263. The Morgan fingerprint density at radius 2 is 1.88 bits per heavy atom. The second-order valence-corrected chi connectivity index (χ2v) is 5.86. The van der Waals surface area contributed by atoms with E-state index in [0.29, 0.717) is 30.8 Å². The van der Waals surface area contributed by atoms with Gasteiger partial charge in [0, 0.05) is 18.7 Å². The molecule has 1 N–H and O–H groups in total. The van der Waals surface area contributed by atoms with Crippen molar-refractivity contribution in [3.63, 3.8) is 0 Å². The molecule has 0 spiro atoms. The summed E-state index contributed by atoms with van der Waals surface area (Å²) in [5.74, 6) is 0.0768. The molecule has 1 aliphatic rings. The summed E-state index contributed by atoms with van der Waals surface area (Å²) in [6.07, 6.45) is 0.806. The Hall–Kier alpha value is -2.89. The van der Waals surface area contributed by atoms with Crippen LogP contribution in [0.15, 0.2) is 48.5 Å². The number of anilines is 1. The van der Waals surface area contributed by atoms with Crippen molar-refractivity contribution in [2.24, 2.45) is 0 Å². The Morgan fingerprint density at radius 3 is 2.52 bits per heavy atom. The Labute approximate surface area is 145 Å². The van der Waals surface area contributed by atoms with E-state index in [9.17, 15) is 14.0 Å². The van der Waals surface area contributed by atoms with Crippen molar-refractivity contribution in [1.82, 2.24) is 5.32 Å². The first-order valence-corrected chi connectivity index (χ1v) is 8.07. The fourth-order valence-corrected chi connectivity index (χ4v) is 2.91. The number of halogens is 1. The van der Waals surface area contributed by atoms with Crippen LogP contribution in [0.4, 0.5) is 10.1 Å². The zero-order chi connectivity index (χ0) is 17.8. The smallest absolute Gasteiger partial charge is 0.243 e. The molecule has 3 rings (SSSR count). The number of benzene rings is 2. The monoisotopic (exact) mass is 342 g/mol. The van der Waals surface area contributed by atoms with Crippen molar-refractivity contribution in [3.8, 4) is 5.75 Å². The second-order valence-electron chi connectivity index (χ2n) is 5.86. The van der Waals surface area contributed by atoms with Crippen molar-refractivity contribution in [3.05, 3.63) is 59.9 Å². The van der Waals surface area contributed by atoms with Gasteiger partial charge in [-0.2, -0.15) is 0 Å². The van der Waals surface area contributed by atoms with Gasteiger partial charge in [-0.05, 0) is 48.4 Å². The molecule has 130 valence electrons. The lowest BCUT2D eigenvalue weighted by molar-refractivity contribution is -0.124. The molecular weight excluding hydrogens is 323 g/mol. The van der Waals surface area contributed by atoms with Crippen molar-refractivity contribution in [1.29, 1.82) is 0 Å². The summed E-state index contributed by atoms with van der Waals surface area (Å²) >= 11 is 0. The first-order valence-electron chi connectivity index (χ1n) is 8.07. The molecule has 0 aliphatic carbocycles. The molecule has 0 radical (unpaired) electrons. The second kappa shape index (κ2) is 7.34. The van der Waals surface area contributed by atoms with Crippen molar-refractivity contribution in [2.75, 3.05) is 12.0 Å². The Kier molecular flexibility index (Phi) is 4.97. The van der Waals surface area contributed by atoms with Gasteiger partial charge in [-0.25, -0.2) is 4.39 Å². The molecule has 25 heavy (non-hydrogen) atoms. The van der Waals surface area contributed by atoms with Gasteiger partial charge in [0.1, 0.15) is 17.6 Å². The third kappa shape index (κ3) is 3.79. The zero-order valence-corrected chi connectivity index (χ0v) is 13.9. The first kappa shape index (κ1) is 17.0. The van der Waals surface area contributed by atoms with Crippen LogP contribution in [0.2, 0.25) is 0 Å². The molecule has 1 heterocycles. The third-order valence-corrected chi connectivity index (χ3v) is 4.25. The lowest BCUT2D eigenvalue weighted by atomic mass is 10.1. The molecule has 0 saturated carbocycles. The number of nitrogens with one attached hydrogen (secondary N) is 1. The third-order valence-electron chi connectivity index (χ3n) is 4.25. The number of nitrogens with zero attached hydrogens (tertiary/aromatic N) is 1. The normalized spacial score (nSPS) is 16.8. The van der Waals surface area contributed by atoms with E-state index in [-0.39, 0.29) is 17.6 Å². The Balaban J connectivity index is 1.69. The van der Waals surface area contributed by atoms with Gasteiger partial charge in [-0.1, -0.05) is 12.1 Å². The Bertz CT molecular complexity index is 759. The summed E-state index contributed by atoms with van der Waals surface area (Å²) in [6.45, 7) is 0.292. The molecule has 1 unspecified atom stereocenters. The van der Waals surface area contributed by atoms with Crippen molar-refractivity contribution in [2.45, 2.75) is 25.4 Å². The van der Waals surface area contributed by atoms with E-state index in [1.807, 2.05) is 0 Å². The van der Waals surface area contributed by atoms with Gasteiger partial charge in [0.25, 0.3) is 0 Å². The highest BCUT2D eigenvalue weighted by molar-refractivity contribution is 6.03. The topological polar surface area (TPSA) is 58.6 Å². The molecule has 6 heteroatoms. The summed E-state index contributed by atoms with van der Waals surface area (Å²) in [6, 6.07) is 12.5. The van der Waals surface area contributed by atoms with Gasteiger partial charge in [0.15, 0.2) is 0 Å². The number of rotatable bonds is 5. The average Bonchev–Trinajstić information content (AvgIpc) is 3.02. The van der Waals surface area contributed by atoms with E-state index < -0.39 is 6.04 Å². The van der Waals surface area contributed by atoms with Gasteiger partial charge in [-0.3, -0.25) is 14.5 Å². The van der Waals surface area contributed by atoms with Crippen LogP contribution in [0.5, 0.6) is 5.75 Å². The molecule has 0 bridgehead atoms. The molecular formula is C19H19FN2O3. The summed E-state index contributed by atoms with van der Waals surface area (Å²) in [4.78, 5) is 26.3. The van der Waals surface area contributed by atoms with Gasteiger partial charge < -0.3 is 10.1 Å². The number of methoxy groups -OCH3 is 1. The van der Waals surface area contributed by atoms with E-state index in [1.54, 1.807) is 43.5 Å². The molecule has 2 aromatic carbocycles. The Morgan fingerprint density at radius 1 is 1.20 bits per heavy atom. The standard InChI is InChI=1S/C19H19FN2O3/c1-25-16-8-6-15(7-9-16)22-17(10-11-18(22)23)19(24)21-12-13-2-4-14(20)5-3-13/h2-9,17H,10-12H2,1H3,(H,21,24). The van der Waals surface area contributed by atoms with Crippen molar-refractivity contribution < 1.29 is 18.7 Å². The summed E-state index contributed by atoms with van der Waals surface area (Å²) < 4.78 is 18.0. The number of hydrogen-bond donors (Lipinski definition) is 1. The van der Waals surface area contributed by atoms with E-state index in [1.165, 1.54) is 17.0 Å². The molecule has 1 fully saturated rings. The van der Waals surface area contributed by atoms with Crippen LogP contribution in [0.3, 0.4) is 0 Å². The van der Waals surface area contributed by atoms with Gasteiger partial charge >= 0.3 is 0 Å². The largest absolute Gasteiger partial charge is 0.497 e. The van der Waals surface area contributed by atoms with Crippen LogP contribution in [-0.2, 0) is 16.1 Å². The minimum absolute atomic E-state index is 0.0768. The van der Waals surface area contributed by atoms with E-state index in [4.69, 9.17) is 4.74 Å². The summed E-state index contributed by atoms with van der Waals surface area (Å²) in [5.41, 5.74) is 1.47. The summed E-state index contributed by atoms with van der Waals surface area (Å²) in [7, 11) is 1.57. The number of amides is 2. The number of carbonyl (C=O) groups excluding carboxylic acids is 2. The van der Waals surface area contributed by atoms with E-state index in [2.05, 4.69) is 5.32 Å². The maximum Gasteiger partial charge on any atom is 0.243 e. The van der Waals surface area contributed by atoms with Crippen LogP contribution in [-0.4, -0.2) is 25.0 Å². The molecule has 1 atom stereocenters. The molecule has 0 aromatic heterocycles. The van der Waals surface area contributed by atoms with Gasteiger partial charge in [0.2, 0.25) is 11.8 Å².